The Hall–Kier alpha value is -2.82. The summed E-state index contributed by atoms with van der Waals surface area (Å²) in [6.07, 6.45) is 0. The van der Waals surface area contributed by atoms with Crippen molar-refractivity contribution in [3.8, 4) is 5.75 Å². The number of amides is 1. The molecule has 0 aliphatic heterocycles. The maximum atomic E-state index is 12.3. The average molecular weight is 284 g/mol. The highest BCUT2D eigenvalue weighted by atomic mass is 16.5. The first-order valence-electron chi connectivity index (χ1n) is 6.37. The minimum Gasteiger partial charge on any atom is -0.496 e. The highest BCUT2D eigenvalue weighted by molar-refractivity contribution is 6.07. The number of hydrogen-bond acceptors (Lipinski definition) is 4. The Morgan fingerprint density at radius 1 is 1.14 bits per heavy atom. The van der Waals surface area contributed by atoms with Crippen LogP contribution in [-0.2, 0) is 0 Å². The molecule has 0 fully saturated rings. The molecule has 0 unspecified atom stereocenters. The van der Waals surface area contributed by atoms with E-state index in [9.17, 15) is 9.59 Å². The minimum atomic E-state index is -0.347. The zero-order chi connectivity index (χ0) is 15.4. The predicted octanol–water partition coefficient (Wildman–Crippen LogP) is 2.73. The van der Waals surface area contributed by atoms with Crippen LogP contribution in [0.5, 0.6) is 5.75 Å². The molecule has 0 bridgehead atoms. The molecule has 0 saturated carbocycles. The second kappa shape index (κ2) is 6.09. The topological polar surface area (TPSA) is 81.4 Å². The van der Waals surface area contributed by atoms with Crippen molar-refractivity contribution in [2.75, 3.05) is 18.2 Å². The number of nitrogen functional groups attached to an aromatic ring is 1. The van der Waals surface area contributed by atoms with E-state index in [-0.39, 0.29) is 11.7 Å². The molecule has 0 spiro atoms. The largest absolute Gasteiger partial charge is 0.496 e. The second-order valence-corrected chi connectivity index (χ2v) is 4.55. The number of ether oxygens (including phenoxy) is 1. The SMILES string of the molecule is COc1ccc(N)cc1C(=O)Nc1cccc(C(C)=O)c1. The number of benzene rings is 2. The standard InChI is InChI=1S/C16H16N2O3/c1-10(19)11-4-3-5-13(8-11)18-16(20)14-9-12(17)6-7-15(14)21-2/h3-9H,17H2,1-2H3,(H,18,20). The molecule has 5 heteroatoms. The monoisotopic (exact) mass is 284 g/mol. The van der Waals surface area contributed by atoms with Gasteiger partial charge in [-0.2, -0.15) is 0 Å². The van der Waals surface area contributed by atoms with Crippen molar-refractivity contribution in [1.29, 1.82) is 0 Å². The maximum Gasteiger partial charge on any atom is 0.259 e. The number of ketones is 1. The molecular weight excluding hydrogens is 268 g/mol. The lowest BCUT2D eigenvalue weighted by Crippen LogP contribution is -2.14. The van der Waals surface area contributed by atoms with Gasteiger partial charge >= 0.3 is 0 Å². The van der Waals surface area contributed by atoms with Gasteiger partial charge in [-0.05, 0) is 37.3 Å². The molecule has 0 aromatic heterocycles. The van der Waals surface area contributed by atoms with Crippen LogP contribution < -0.4 is 15.8 Å². The van der Waals surface area contributed by atoms with Gasteiger partial charge in [-0.3, -0.25) is 9.59 Å². The molecular formula is C16H16N2O3. The average Bonchev–Trinajstić information content (AvgIpc) is 2.47. The number of nitrogens with one attached hydrogen (secondary N) is 1. The van der Waals surface area contributed by atoms with Gasteiger partial charge in [0.2, 0.25) is 0 Å². The van der Waals surface area contributed by atoms with Crippen LogP contribution in [0.3, 0.4) is 0 Å². The molecule has 0 atom stereocenters. The van der Waals surface area contributed by atoms with Gasteiger partial charge in [0.25, 0.3) is 5.91 Å². The van der Waals surface area contributed by atoms with Crippen molar-refractivity contribution in [3.05, 3.63) is 53.6 Å². The van der Waals surface area contributed by atoms with Gasteiger partial charge in [-0.1, -0.05) is 12.1 Å². The first kappa shape index (κ1) is 14.6. The minimum absolute atomic E-state index is 0.0624. The van der Waals surface area contributed by atoms with Gasteiger partial charge in [0, 0.05) is 16.9 Å². The zero-order valence-electron chi connectivity index (χ0n) is 11.8. The predicted molar refractivity (Wildman–Crippen MR) is 81.8 cm³/mol. The smallest absolute Gasteiger partial charge is 0.259 e. The molecule has 2 aromatic carbocycles. The maximum absolute atomic E-state index is 12.3. The van der Waals surface area contributed by atoms with E-state index >= 15 is 0 Å². The van der Waals surface area contributed by atoms with E-state index in [0.29, 0.717) is 28.3 Å². The molecule has 0 heterocycles. The van der Waals surface area contributed by atoms with E-state index in [0.717, 1.165) is 0 Å². The summed E-state index contributed by atoms with van der Waals surface area (Å²) in [4.78, 5) is 23.6. The number of Topliss-reactive ketones (excluding diaryl/α,β-unsaturated/α-hetero) is 1. The Balaban J connectivity index is 2.28. The lowest BCUT2D eigenvalue weighted by Gasteiger charge is -2.10. The van der Waals surface area contributed by atoms with Crippen molar-refractivity contribution in [2.24, 2.45) is 0 Å². The van der Waals surface area contributed by atoms with E-state index in [1.165, 1.54) is 14.0 Å². The molecule has 3 N–H and O–H groups in total. The van der Waals surface area contributed by atoms with Gasteiger partial charge in [0.15, 0.2) is 5.78 Å². The molecule has 5 nitrogen and oxygen atoms in total. The first-order valence-corrected chi connectivity index (χ1v) is 6.37. The first-order chi connectivity index (χ1) is 10.0. The van der Waals surface area contributed by atoms with E-state index in [1.807, 2.05) is 0 Å². The van der Waals surface area contributed by atoms with E-state index in [1.54, 1.807) is 42.5 Å². The Labute approximate surface area is 122 Å². The lowest BCUT2D eigenvalue weighted by atomic mass is 10.1. The van der Waals surface area contributed by atoms with Crippen LogP contribution in [-0.4, -0.2) is 18.8 Å². The van der Waals surface area contributed by atoms with Gasteiger partial charge in [-0.25, -0.2) is 0 Å². The molecule has 0 aliphatic rings. The second-order valence-electron chi connectivity index (χ2n) is 4.55. The number of nitrogens with two attached hydrogens (primary N) is 1. The van der Waals surface area contributed by atoms with Crippen molar-refractivity contribution in [1.82, 2.24) is 0 Å². The number of carbonyl (C=O) groups is 2. The Morgan fingerprint density at radius 3 is 2.57 bits per heavy atom. The fourth-order valence-corrected chi connectivity index (χ4v) is 1.92. The molecule has 0 radical (unpaired) electrons. The summed E-state index contributed by atoms with van der Waals surface area (Å²) >= 11 is 0. The molecule has 21 heavy (non-hydrogen) atoms. The van der Waals surface area contributed by atoms with Crippen LogP contribution in [0.25, 0.3) is 0 Å². The summed E-state index contributed by atoms with van der Waals surface area (Å²) in [6.45, 7) is 1.47. The third-order valence-electron chi connectivity index (χ3n) is 3.00. The Kier molecular flexibility index (Phi) is 4.23. The highest BCUT2D eigenvalue weighted by Gasteiger charge is 2.13. The summed E-state index contributed by atoms with van der Waals surface area (Å²) < 4.78 is 5.15. The lowest BCUT2D eigenvalue weighted by molar-refractivity contribution is 0.101. The molecule has 0 aliphatic carbocycles. The van der Waals surface area contributed by atoms with Crippen LogP contribution in [0, 0.1) is 0 Å². The van der Waals surface area contributed by atoms with Crippen LogP contribution in [0.1, 0.15) is 27.6 Å². The summed E-state index contributed by atoms with van der Waals surface area (Å²) in [5.74, 6) is 0.0249. The summed E-state index contributed by atoms with van der Waals surface area (Å²) in [5.41, 5.74) is 7.58. The number of carbonyl (C=O) groups excluding carboxylic acids is 2. The number of hydrogen-bond donors (Lipinski definition) is 2. The fraction of sp³-hybridized carbons (Fsp3) is 0.125. The quantitative estimate of drug-likeness (QED) is 0.668. The summed E-state index contributed by atoms with van der Waals surface area (Å²) in [6, 6.07) is 11.6. The summed E-state index contributed by atoms with van der Waals surface area (Å²) in [7, 11) is 1.48. The van der Waals surface area contributed by atoms with E-state index < -0.39 is 0 Å². The van der Waals surface area contributed by atoms with Crippen molar-refractivity contribution >= 4 is 23.1 Å². The third kappa shape index (κ3) is 3.39. The van der Waals surface area contributed by atoms with Crippen LogP contribution >= 0.6 is 0 Å². The van der Waals surface area contributed by atoms with Crippen LogP contribution in [0.4, 0.5) is 11.4 Å². The Morgan fingerprint density at radius 2 is 1.90 bits per heavy atom. The van der Waals surface area contributed by atoms with Gasteiger partial charge < -0.3 is 15.8 Å². The molecule has 1 amide bonds. The van der Waals surface area contributed by atoms with Crippen LogP contribution in [0.2, 0.25) is 0 Å². The van der Waals surface area contributed by atoms with Crippen LogP contribution in [0.15, 0.2) is 42.5 Å². The molecule has 0 saturated heterocycles. The van der Waals surface area contributed by atoms with Crippen molar-refractivity contribution < 1.29 is 14.3 Å². The van der Waals surface area contributed by atoms with Gasteiger partial charge in [-0.15, -0.1) is 0 Å². The number of anilines is 2. The summed E-state index contributed by atoms with van der Waals surface area (Å²) in [5, 5.41) is 2.73. The Bertz CT molecular complexity index is 696. The fourth-order valence-electron chi connectivity index (χ4n) is 1.92. The van der Waals surface area contributed by atoms with Crippen molar-refractivity contribution in [2.45, 2.75) is 6.92 Å². The van der Waals surface area contributed by atoms with Gasteiger partial charge in [0.1, 0.15) is 5.75 Å². The highest BCUT2D eigenvalue weighted by Crippen LogP contribution is 2.22. The van der Waals surface area contributed by atoms with E-state index in [2.05, 4.69) is 5.32 Å². The normalized spacial score (nSPS) is 10.0. The van der Waals surface area contributed by atoms with Crippen molar-refractivity contribution in [3.63, 3.8) is 0 Å². The number of methoxy groups -OCH3 is 1. The molecule has 2 rings (SSSR count). The molecule has 2 aromatic rings. The number of rotatable bonds is 4. The molecule has 108 valence electrons. The zero-order valence-corrected chi connectivity index (χ0v) is 11.8. The van der Waals surface area contributed by atoms with Gasteiger partial charge in [0.05, 0.1) is 12.7 Å². The van der Waals surface area contributed by atoms with E-state index in [4.69, 9.17) is 10.5 Å². The third-order valence-corrected chi connectivity index (χ3v) is 3.00.